The quantitative estimate of drug-likeness (QED) is 0.190. The van der Waals surface area contributed by atoms with Crippen molar-refractivity contribution >= 4 is 11.8 Å². The second kappa shape index (κ2) is 11.7. The Bertz CT molecular complexity index is 1440. The number of aromatic nitrogens is 3. The number of para-hydroxylation sites is 1. The van der Waals surface area contributed by atoms with Gasteiger partial charge in [-0.3, -0.25) is 4.57 Å². The number of rotatable bonds is 10. The topological polar surface area (TPSA) is 58.4 Å². The van der Waals surface area contributed by atoms with E-state index in [1.165, 1.54) is 5.56 Å². The van der Waals surface area contributed by atoms with E-state index in [2.05, 4.69) is 39.0 Å². The summed E-state index contributed by atoms with van der Waals surface area (Å²) in [6.07, 6.45) is 0.585. The maximum absolute atomic E-state index is 5.99. The summed E-state index contributed by atoms with van der Waals surface area (Å²) in [5.74, 6) is 4.58. The standard InChI is InChI=1S/C30H27N3O3S/c1-34-27-18-13-23(19-28(27)35-2)20-29-31-32-30(37-21-22-9-5-3-6-10-22)33(29)24-14-16-26(17-15-24)36-25-11-7-4-8-12-25/h3-19H,20-21H2,1-2H3. The van der Waals surface area contributed by atoms with Gasteiger partial charge >= 0.3 is 0 Å². The molecule has 4 aromatic carbocycles. The van der Waals surface area contributed by atoms with Crippen molar-refractivity contribution < 1.29 is 14.2 Å². The Hall–Kier alpha value is -4.23. The number of benzene rings is 4. The van der Waals surface area contributed by atoms with Gasteiger partial charge in [0, 0.05) is 17.9 Å². The number of hydrogen-bond donors (Lipinski definition) is 0. The average molecular weight is 510 g/mol. The van der Waals surface area contributed by atoms with Crippen LogP contribution in [0.3, 0.4) is 0 Å². The molecule has 0 aliphatic heterocycles. The van der Waals surface area contributed by atoms with E-state index in [1.54, 1.807) is 26.0 Å². The second-order valence-electron chi connectivity index (χ2n) is 8.28. The molecule has 5 aromatic rings. The molecule has 0 spiro atoms. The maximum atomic E-state index is 5.99. The molecule has 6 nitrogen and oxygen atoms in total. The van der Waals surface area contributed by atoms with Crippen LogP contribution >= 0.6 is 11.8 Å². The average Bonchev–Trinajstić information content (AvgIpc) is 3.35. The lowest BCUT2D eigenvalue weighted by molar-refractivity contribution is 0.354. The number of thioether (sulfide) groups is 1. The molecular formula is C30H27N3O3S. The van der Waals surface area contributed by atoms with E-state index >= 15 is 0 Å². The van der Waals surface area contributed by atoms with Gasteiger partial charge in [-0.2, -0.15) is 0 Å². The van der Waals surface area contributed by atoms with Crippen molar-refractivity contribution in [1.82, 2.24) is 14.8 Å². The number of methoxy groups -OCH3 is 2. The molecule has 0 radical (unpaired) electrons. The number of ether oxygens (including phenoxy) is 3. The zero-order chi connectivity index (χ0) is 25.5. The normalized spacial score (nSPS) is 10.8. The third-order valence-corrected chi connectivity index (χ3v) is 6.80. The van der Waals surface area contributed by atoms with Crippen LogP contribution < -0.4 is 14.2 Å². The van der Waals surface area contributed by atoms with Crippen LogP contribution in [-0.4, -0.2) is 29.0 Å². The van der Waals surface area contributed by atoms with Gasteiger partial charge in [-0.1, -0.05) is 66.4 Å². The predicted molar refractivity (Wildman–Crippen MR) is 146 cm³/mol. The smallest absolute Gasteiger partial charge is 0.196 e. The molecule has 0 amide bonds. The summed E-state index contributed by atoms with van der Waals surface area (Å²) in [5, 5.41) is 9.97. The Labute approximate surface area is 220 Å². The fraction of sp³-hybridized carbons (Fsp3) is 0.133. The summed E-state index contributed by atoms with van der Waals surface area (Å²) in [5.41, 5.74) is 3.25. The van der Waals surface area contributed by atoms with E-state index < -0.39 is 0 Å². The largest absolute Gasteiger partial charge is 0.493 e. The molecule has 0 saturated heterocycles. The first-order chi connectivity index (χ1) is 18.2. The SMILES string of the molecule is COc1ccc(Cc2nnc(SCc3ccccc3)n2-c2ccc(Oc3ccccc3)cc2)cc1OC. The highest BCUT2D eigenvalue weighted by Gasteiger charge is 2.17. The van der Waals surface area contributed by atoms with Crippen molar-refractivity contribution in [2.45, 2.75) is 17.3 Å². The molecule has 186 valence electrons. The fourth-order valence-electron chi connectivity index (χ4n) is 3.95. The van der Waals surface area contributed by atoms with Crippen LogP contribution in [-0.2, 0) is 12.2 Å². The molecule has 0 aliphatic carbocycles. The molecule has 0 saturated carbocycles. The van der Waals surface area contributed by atoms with Gasteiger partial charge in [0.05, 0.1) is 14.2 Å². The Morgan fingerprint density at radius 3 is 2.05 bits per heavy atom. The van der Waals surface area contributed by atoms with E-state index in [1.807, 2.05) is 78.9 Å². The first-order valence-corrected chi connectivity index (χ1v) is 12.9. The van der Waals surface area contributed by atoms with Crippen LogP contribution in [0.5, 0.6) is 23.0 Å². The van der Waals surface area contributed by atoms with E-state index in [0.717, 1.165) is 39.5 Å². The van der Waals surface area contributed by atoms with Gasteiger partial charge < -0.3 is 14.2 Å². The Kier molecular flexibility index (Phi) is 7.72. The monoisotopic (exact) mass is 509 g/mol. The summed E-state index contributed by atoms with van der Waals surface area (Å²) >= 11 is 1.66. The number of hydrogen-bond acceptors (Lipinski definition) is 6. The Balaban J connectivity index is 1.45. The molecular weight excluding hydrogens is 482 g/mol. The molecule has 5 rings (SSSR count). The Morgan fingerprint density at radius 2 is 1.35 bits per heavy atom. The molecule has 0 atom stereocenters. The highest BCUT2D eigenvalue weighted by atomic mass is 32.2. The first kappa shape index (κ1) is 24.5. The van der Waals surface area contributed by atoms with Crippen LogP contribution in [0.4, 0.5) is 0 Å². The molecule has 1 heterocycles. The van der Waals surface area contributed by atoms with Gasteiger partial charge in [0.2, 0.25) is 0 Å². The fourth-order valence-corrected chi connectivity index (χ4v) is 4.88. The predicted octanol–water partition coefficient (Wildman–Crippen LogP) is 6.96. The van der Waals surface area contributed by atoms with E-state index in [-0.39, 0.29) is 0 Å². The van der Waals surface area contributed by atoms with Gasteiger partial charge in [0.15, 0.2) is 16.7 Å². The maximum Gasteiger partial charge on any atom is 0.196 e. The molecule has 0 bridgehead atoms. The van der Waals surface area contributed by atoms with Crippen LogP contribution in [0, 0.1) is 0 Å². The summed E-state index contributed by atoms with van der Waals surface area (Å²) in [7, 11) is 3.27. The molecule has 0 aliphatic rings. The molecule has 1 aromatic heterocycles. The van der Waals surface area contributed by atoms with E-state index in [9.17, 15) is 0 Å². The lowest BCUT2D eigenvalue weighted by Crippen LogP contribution is -2.04. The lowest BCUT2D eigenvalue weighted by atomic mass is 10.1. The third kappa shape index (κ3) is 5.95. The zero-order valence-electron chi connectivity index (χ0n) is 20.7. The molecule has 7 heteroatoms. The van der Waals surface area contributed by atoms with Gasteiger partial charge in [0.25, 0.3) is 0 Å². The highest BCUT2D eigenvalue weighted by molar-refractivity contribution is 7.98. The van der Waals surface area contributed by atoms with Gasteiger partial charge in [-0.05, 0) is 59.7 Å². The minimum atomic E-state index is 0.585. The van der Waals surface area contributed by atoms with Gasteiger partial charge in [0.1, 0.15) is 17.3 Å². The number of nitrogens with zero attached hydrogens (tertiary/aromatic N) is 3. The molecule has 0 fully saturated rings. The first-order valence-electron chi connectivity index (χ1n) is 11.9. The minimum absolute atomic E-state index is 0.585. The van der Waals surface area contributed by atoms with Crippen molar-refractivity contribution in [2.75, 3.05) is 14.2 Å². The second-order valence-corrected chi connectivity index (χ2v) is 9.23. The van der Waals surface area contributed by atoms with Crippen molar-refractivity contribution in [3.8, 4) is 28.7 Å². The molecule has 0 N–H and O–H groups in total. The molecule has 37 heavy (non-hydrogen) atoms. The minimum Gasteiger partial charge on any atom is -0.493 e. The zero-order valence-corrected chi connectivity index (χ0v) is 21.5. The highest BCUT2D eigenvalue weighted by Crippen LogP contribution is 2.31. The third-order valence-electron chi connectivity index (χ3n) is 5.80. The van der Waals surface area contributed by atoms with Gasteiger partial charge in [-0.15, -0.1) is 10.2 Å². The van der Waals surface area contributed by atoms with E-state index in [4.69, 9.17) is 14.2 Å². The van der Waals surface area contributed by atoms with Crippen LogP contribution in [0.25, 0.3) is 5.69 Å². The lowest BCUT2D eigenvalue weighted by Gasteiger charge is -2.13. The van der Waals surface area contributed by atoms with Crippen LogP contribution in [0.1, 0.15) is 17.0 Å². The van der Waals surface area contributed by atoms with Crippen LogP contribution in [0.15, 0.2) is 108 Å². The van der Waals surface area contributed by atoms with Gasteiger partial charge in [-0.25, -0.2) is 0 Å². The summed E-state index contributed by atoms with van der Waals surface area (Å²) in [4.78, 5) is 0. The van der Waals surface area contributed by atoms with E-state index in [0.29, 0.717) is 17.9 Å². The summed E-state index contributed by atoms with van der Waals surface area (Å²) in [6.45, 7) is 0. The van der Waals surface area contributed by atoms with Crippen LogP contribution in [0.2, 0.25) is 0 Å². The molecule has 0 unspecified atom stereocenters. The van der Waals surface area contributed by atoms with Crippen molar-refractivity contribution in [3.05, 3.63) is 120 Å². The Morgan fingerprint density at radius 1 is 0.676 bits per heavy atom. The summed E-state index contributed by atoms with van der Waals surface area (Å²) < 4.78 is 19.0. The van der Waals surface area contributed by atoms with Crippen molar-refractivity contribution in [1.29, 1.82) is 0 Å². The summed E-state index contributed by atoms with van der Waals surface area (Å²) in [6, 6.07) is 34.0. The van der Waals surface area contributed by atoms with Crippen molar-refractivity contribution in [3.63, 3.8) is 0 Å². The van der Waals surface area contributed by atoms with Crippen molar-refractivity contribution in [2.24, 2.45) is 0 Å².